The topological polar surface area (TPSA) is 33.4 Å². The minimum Gasteiger partial charge on any atom is -0.463 e. The fourth-order valence-corrected chi connectivity index (χ4v) is 1.53. The van der Waals surface area contributed by atoms with Gasteiger partial charge in [-0.3, -0.25) is 0 Å². The first-order chi connectivity index (χ1) is 7.31. The Kier molecular flexibility index (Phi) is 2.88. The predicted molar refractivity (Wildman–Crippen MR) is 58.6 cm³/mol. The molecule has 2 rings (SSSR count). The van der Waals surface area contributed by atoms with Crippen LogP contribution in [0.25, 0.3) is 0 Å². The number of aliphatic hydroxyl groups is 1. The van der Waals surface area contributed by atoms with Crippen LogP contribution in [0.1, 0.15) is 30.1 Å². The van der Waals surface area contributed by atoms with E-state index in [-0.39, 0.29) is 0 Å². The zero-order valence-electron chi connectivity index (χ0n) is 8.68. The van der Waals surface area contributed by atoms with Crippen LogP contribution in [0.5, 0.6) is 0 Å². The summed E-state index contributed by atoms with van der Waals surface area (Å²) in [5, 5.41) is 10.0. The summed E-state index contributed by atoms with van der Waals surface area (Å²) in [7, 11) is 0. The van der Waals surface area contributed by atoms with Gasteiger partial charge in [0.05, 0.1) is 0 Å². The Morgan fingerprint density at radius 3 is 2.47 bits per heavy atom. The van der Waals surface area contributed by atoms with Gasteiger partial charge in [0.15, 0.2) is 0 Å². The fourth-order valence-electron chi connectivity index (χ4n) is 1.53. The molecule has 0 bridgehead atoms. The van der Waals surface area contributed by atoms with Crippen molar-refractivity contribution < 1.29 is 9.52 Å². The first kappa shape index (κ1) is 9.99. The molecule has 1 unspecified atom stereocenters. The van der Waals surface area contributed by atoms with Crippen LogP contribution in [0.3, 0.4) is 0 Å². The maximum atomic E-state index is 10.0. The van der Waals surface area contributed by atoms with Crippen LogP contribution >= 0.6 is 0 Å². The molecule has 0 aliphatic rings. The lowest BCUT2D eigenvalue weighted by Crippen LogP contribution is -1.97. The number of hydrogen-bond donors (Lipinski definition) is 1. The third kappa shape index (κ3) is 2.10. The van der Waals surface area contributed by atoms with E-state index in [1.807, 2.05) is 49.4 Å². The standard InChI is InChI=1S/C13H14O2/c1-2-11-8-9-12(15-11)13(14)10-6-4-3-5-7-10/h3-9,13-14H,2H2,1H3. The molecule has 78 valence electrons. The lowest BCUT2D eigenvalue weighted by molar-refractivity contribution is 0.187. The number of furan rings is 1. The number of benzene rings is 1. The molecule has 0 aliphatic heterocycles. The van der Waals surface area contributed by atoms with Crippen molar-refractivity contribution in [3.8, 4) is 0 Å². The average molecular weight is 202 g/mol. The molecule has 1 aromatic carbocycles. The summed E-state index contributed by atoms with van der Waals surface area (Å²) in [6, 6.07) is 13.2. The molecule has 1 aromatic heterocycles. The van der Waals surface area contributed by atoms with E-state index in [1.165, 1.54) is 0 Å². The third-order valence-electron chi connectivity index (χ3n) is 2.42. The van der Waals surface area contributed by atoms with E-state index in [0.717, 1.165) is 17.7 Å². The minimum atomic E-state index is -0.661. The van der Waals surface area contributed by atoms with Crippen LogP contribution in [0.15, 0.2) is 46.9 Å². The molecule has 0 aliphatic carbocycles. The highest BCUT2D eigenvalue weighted by molar-refractivity contribution is 5.25. The summed E-state index contributed by atoms with van der Waals surface area (Å²) in [5.41, 5.74) is 0.856. The molecule has 0 radical (unpaired) electrons. The van der Waals surface area contributed by atoms with Gasteiger partial charge < -0.3 is 9.52 Å². The van der Waals surface area contributed by atoms with E-state index in [1.54, 1.807) is 0 Å². The first-order valence-corrected chi connectivity index (χ1v) is 5.13. The van der Waals surface area contributed by atoms with Gasteiger partial charge in [0.1, 0.15) is 17.6 Å². The molecule has 0 saturated carbocycles. The monoisotopic (exact) mass is 202 g/mol. The van der Waals surface area contributed by atoms with Crippen molar-refractivity contribution in [3.63, 3.8) is 0 Å². The van der Waals surface area contributed by atoms with Crippen LogP contribution in [0.4, 0.5) is 0 Å². The van der Waals surface area contributed by atoms with Gasteiger partial charge in [-0.15, -0.1) is 0 Å². The predicted octanol–water partition coefficient (Wildman–Crippen LogP) is 2.92. The summed E-state index contributed by atoms with van der Waals surface area (Å²) >= 11 is 0. The Labute approximate surface area is 89.2 Å². The molecule has 0 amide bonds. The van der Waals surface area contributed by atoms with E-state index in [0.29, 0.717) is 5.76 Å². The highest BCUT2D eigenvalue weighted by Crippen LogP contribution is 2.23. The molecule has 2 heteroatoms. The molecule has 0 saturated heterocycles. The lowest BCUT2D eigenvalue weighted by Gasteiger charge is -2.07. The summed E-state index contributed by atoms with van der Waals surface area (Å²) in [4.78, 5) is 0. The van der Waals surface area contributed by atoms with E-state index in [9.17, 15) is 5.11 Å². The maximum absolute atomic E-state index is 10.0. The van der Waals surface area contributed by atoms with Crippen LogP contribution in [-0.4, -0.2) is 5.11 Å². The number of hydrogen-bond acceptors (Lipinski definition) is 2. The molecule has 2 nitrogen and oxygen atoms in total. The normalized spacial score (nSPS) is 12.7. The zero-order chi connectivity index (χ0) is 10.7. The van der Waals surface area contributed by atoms with E-state index >= 15 is 0 Å². The van der Waals surface area contributed by atoms with Crippen molar-refractivity contribution in [3.05, 3.63) is 59.5 Å². The molecule has 0 spiro atoms. The Balaban J connectivity index is 2.24. The van der Waals surface area contributed by atoms with Crippen molar-refractivity contribution in [2.75, 3.05) is 0 Å². The van der Waals surface area contributed by atoms with Gasteiger partial charge in [-0.1, -0.05) is 37.3 Å². The van der Waals surface area contributed by atoms with E-state index in [4.69, 9.17) is 4.42 Å². The number of aryl methyl sites for hydroxylation is 1. The average Bonchev–Trinajstić information content (AvgIpc) is 2.78. The van der Waals surface area contributed by atoms with E-state index < -0.39 is 6.10 Å². The highest BCUT2D eigenvalue weighted by atomic mass is 16.4. The number of aliphatic hydroxyl groups excluding tert-OH is 1. The largest absolute Gasteiger partial charge is 0.463 e. The molecular weight excluding hydrogens is 188 g/mol. The van der Waals surface area contributed by atoms with Crippen molar-refractivity contribution in [2.45, 2.75) is 19.4 Å². The lowest BCUT2D eigenvalue weighted by atomic mass is 10.1. The second kappa shape index (κ2) is 4.32. The van der Waals surface area contributed by atoms with E-state index in [2.05, 4.69) is 0 Å². The molecule has 15 heavy (non-hydrogen) atoms. The maximum Gasteiger partial charge on any atom is 0.137 e. The van der Waals surface area contributed by atoms with Crippen molar-refractivity contribution >= 4 is 0 Å². The molecule has 1 atom stereocenters. The highest BCUT2D eigenvalue weighted by Gasteiger charge is 2.13. The van der Waals surface area contributed by atoms with Gasteiger partial charge in [-0.05, 0) is 17.7 Å². The summed E-state index contributed by atoms with van der Waals surface area (Å²) in [6.07, 6.45) is 0.188. The first-order valence-electron chi connectivity index (χ1n) is 5.13. The minimum absolute atomic E-state index is 0.609. The SMILES string of the molecule is CCc1ccc(C(O)c2ccccc2)o1. The Bertz CT molecular complexity index is 417. The van der Waals surface area contributed by atoms with Crippen LogP contribution in [-0.2, 0) is 6.42 Å². The fraction of sp³-hybridized carbons (Fsp3) is 0.231. The Morgan fingerprint density at radius 1 is 1.13 bits per heavy atom. The number of rotatable bonds is 3. The van der Waals surface area contributed by atoms with Gasteiger partial charge in [0.2, 0.25) is 0 Å². The van der Waals surface area contributed by atoms with Gasteiger partial charge in [0.25, 0.3) is 0 Å². The van der Waals surface area contributed by atoms with Gasteiger partial charge in [-0.25, -0.2) is 0 Å². The van der Waals surface area contributed by atoms with Crippen LogP contribution in [0, 0.1) is 0 Å². The molecular formula is C13H14O2. The summed E-state index contributed by atoms with van der Waals surface area (Å²) in [5.74, 6) is 1.51. The van der Waals surface area contributed by atoms with Crippen LogP contribution < -0.4 is 0 Å². The second-order valence-electron chi connectivity index (χ2n) is 3.47. The van der Waals surface area contributed by atoms with Gasteiger partial charge in [-0.2, -0.15) is 0 Å². The molecule has 1 heterocycles. The van der Waals surface area contributed by atoms with Gasteiger partial charge in [0, 0.05) is 6.42 Å². The van der Waals surface area contributed by atoms with Gasteiger partial charge >= 0.3 is 0 Å². The summed E-state index contributed by atoms with van der Waals surface area (Å²) in [6.45, 7) is 2.03. The Morgan fingerprint density at radius 2 is 1.87 bits per heavy atom. The molecule has 1 N–H and O–H groups in total. The van der Waals surface area contributed by atoms with Crippen LogP contribution in [0.2, 0.25) is 0 Å². The second-order valence-corrected chi connectivity index (χ2v) is 3.47. The molecule has 2 aromatic rings. The smallest absolute Gasteiger partial charge is 0.137 e. The van der Waals surface area contributed by atoms with Crippen molar-refractivity contribution in [1.29, 1.82) is 0 Å². The summed E-state index contributed by atoms with van der Waals surface area (Å²) < 4.78 is 5.50. The van der Waals surface area contributed by atoms with Crippen molar-refractivity contribution in [2.24, 2.45) is 0 Å². The Hall–Kier alpha value is -1.54. The third-order valence-corrected chi connectivity index (χ3v) is 2.42. The van der Waals surface area contributed by atoms with Crippen molar-refractivity contribution in [1.82, 2.24) is 0 Å². The molecule has 0 fully saturated rings. The quantitative estimate of drug-likeness (QED) is 0.830. The zero-order valence-corrected chi connectivity index (χ0v) is 8.68.